The number of carboxylic acids is 1. The highest BCUT2D eigenvalue weighted by atomic mass is 32.2. The molecule has 2 rings (SSSR count). The number of carbonyl (C=O) groups excluding carboxylic acids is 1. The number of hydrogen-bond donors (Lipinski definition) is 3. The second kappa shape index (κ2) is 8.28. The SMILES string of the molecule is CS(=O)(=O)NCC(=O)N[C@@H]1COCC[C@H]1Oc1ccc(C(=O)O)cc1. The normalized spacial score (nSPS) is 20.7. The molecule has 0 saturated carbocycles. The van der Waals surface area contributed by atoms with E-state index < -0.39 is 27.9 Å². The van der Waals surface area contributed by atoms with Crippen LogP contribution in [0.2, 0.25) is 0 Å². The minimum atomic E-state index is -3.45. The number of hydrogen-bond acceptors (Lipinski definition) is 6. The highest BCUT2D eigenvalue weighted by Crippen LogP contribution is 2.19. The number of carboxylic acid groups (broad SMARTS) is 1. The van der Waals surface area contributed by atoms with E-state index in [0.717, 1.165) is 6.26 Å². The smallest absolute Gasteiger partial charge is 0.335 e. The molecule has 0 spiro atoms. The Kier molecular flexibility index (Phi) is 6.34. The summed E-state index contributed by atoms with van der Waals surface area (Å²) in [7, 11) is -3.45. The van der Waals surface area contributed by atoms with Crippen molar-refractivity contribution in [2.45, 2.75) is 18.6 Å². The van der Waals surface area contributed by atoms with E-state index in [-0.39, 0.29) is 24.8 Å². The number of aromatic carboxylic acids is 1. The summed E-state index contributed by atoms with van der Waals surface area (Å²) in [6.45, 7) is 0.337. The zero-order valence-electron chi connectivity index (χ0n) is 13.6. The summed E-state index contributed by atoms with van der Waals surface area (Å²) in [5.41, 5.74) is 0.149. The van der Waals surface area contributed by atoms with Gasteiger partial charge in [0.2, 0.25) is 15.9 Å². The highest BCUT2D eigenvalue weighted by molar-refractivity contribution is 7.88. The first-order valence-electron chi connectivity index (χ1n) is 7.56. The van der Waals surface area contributed by atoms with Crippen LogP contribution in [0.3, 0.4) is 0 Å². The minimum absolute atomic E-state index is 0.149. The average Bonchev–Trinajstić information content (AvgIpc) is 2.55. The van der Waals surface area contributed by atoms with Crippen molar-refractivity contribution in [3.8, 4) is 5.75 Å². The standard InChI is InChI=1S/C15H20N2O7S/c1-25(21,22)16-8-14(18)17-12-9-23-7-6-13(12)24-11-4-2-10(3-5-11)15(19)20/h2-5,12-13,16H,6-9H2,1H3,(H,17,18)(H,19,20)/t12-,13-/m1/s1. The number of amides is 1. The molecule has 10 heteroatoms. The van der Waals surface area contributed by atoms with Gasteiger partial charge in [-0.2, -0.15) is 0 Å². The monoisotopic (exact) mass is 372 g/mol. The van der Waals surface area contributed by atoms with E-state index in [1.165, 1.54) is 12.1 Å². The van der Waals surface area contributed by atoms with Gasteiger partial charge in [-0.05, 0) is 24.3 Å². The van der Waals surface area contributed by atoms with Crippen LogP contribution in [-0.2, 0) is 19.6 Å². The first-order valence-corrected chi connectivity index (χ1v) is 9.45. The summed E-state index contributed by atoms with van der Waals surface area (Å²) in [5, 5.41) is 11.6. The van der Waals surface area contributed by atoms with Gasteiger partial charge in [0.05, 0.1) is 37.6 Å². The Hall–Kier alpha value is -2.17. The lowest BCUT2D eigenvalue weighted by atomic mass is 10.1. The van der Waals surface area contributed by atoms with Crippen LogP contribution in [0.4, 0.5) is 0 Å². The number of carbonyl (C=O) groups is 2. The largest absolute Gasteiger partial charge is 0.488 e. The molecule has 138 valence electrons. The van der Waals surface area contributed by atoms with Crippen molar-refractivity contribution in [1.82, 2.24) is 10.0 Å². The summed E-state index contributed by atoms with van der Waals surface area (Å²) < 4.78 is 35.3. The van der Waals surface area contributed by atoms with Crippen LogP contribution in [0.5, 0.6) is 5.75 Å². The first kappa shape index (κ1) is 19.2. The van der Waals surface area contributed by atoms with Gasteiger partial charge in [-0.15, -0.1) is 0 Å². The van der Waals surface area contributed by atoms with E-state index in [4.69, 9.17) is 14.6 Å². The topological polar surface area (TPSA) is 131 Å². The fourth-order valence-corrected chi connectivity index (χ4v) is 2.69. The third kappa shape index (κ3) is 6.33. The molecule has 1 aromatic rings. The Morgan fingerprint density at radius 2 is 2.00 bits per heavy atom. The Morgan fingerprint density at radius 1 is 1.32 bits per heavy atom. The van der Waals surface area contributed by atoms with Crippen LogP contribution in [0.1, 0.15) is 16.8 Å². The van der Waals surface area contributed by atoms with E-state index in [0.29, 0.717) is 18.8 Å². The van der Waals surface area contributed by atoms with Gasteiger partial charge >= 0.3 is 5.97 Å². The van der Waals surface area contributed by atoms with Crippen LogP contribution >= 0.6 is 0 Å². The van der Waals surface area contributed by atoms with Crippen molar-refractivity contribution in [3.63, 3.8) is 0 Å². The predicted octanol–water partition coefficient (Wildman–Crippen LogP) is -0.413. The second-order valence-electron chi connectivity index (χ2n) is 5.62. The molecule has 1 amide bonds. The molecule has 0 unspecified atom stereocenters. The van der Waals surface area contributed by atoms with Gasteiger partial charge in [-0.3, -0.25) is 4.79 Å². The summed E-state index contributed by atoms with van der Waals surface area (Å²) in [5.74, 6) is -1.04. The molecule has 1 aromatic carbocycles. The van der Waals surface area contributed by atoms with E-state index in [1.807, 2.05) is 0 Å². The highest BCUT2D eigenvalue weighted by Gasteiger charge is 2.29. The molecule has 0 aliphatic carbocycles. The molecular formula is C15H20N2O7S. The van der Waals surface area contributed by atoms with Gasteiger partial charge in [0.25, 0.3) is 0 Å². The summed E-state index contributed by atoms with van der Waals surface area (Å²) in [6, 6.07) is 5.51. The maximum atomic E-state index is 11.9. The summed E-state index contributed by atoms with van der Waals surface area (Å²) >= 11 is 0. The fraction of sp³-hybridized carbons (Fsp3) is 0.467. The zero-order chi connectivity index (χ0) is 18.4. The molecule has 0 bridgehead atoms. The molecule has 1 heterocycles. The number of benzene rings is 1. The molecular weight excluding hydrogens is 352 g/mol. The number of rotatable bonds is 7. The van der Waals surface area contributed by atoms with Gasteiger partial charge < -0.3 is 19.9 Å². The quantitative estimate of drug-likeness (QED) is 0.593. The van der Waals surface area contributed by atoms with Crippen LogP contribution in [0.15, 0.2) is 24.3 Å². The van der Waals surface area contributed by atoms with Crippen molar-refractivity contribution in [2.75, 3.05) is 26.0 Å². The minimum Gasteiger partial charge on any atom is -0.488 e. The number of sulfonamides is 1. The summed E-state index contributed by atoms with van der Waals surface area (Å²) in [6.07, 6.45) is 1.13. The van der Waals surface area contributed by atoms with Crippen molar-refractivity contribution in [2.24, 2.45) is 0 Å². The maximum absolute atomic E-state index is 11.9. The second-order valence-corrected chi connectivity index (χ2v) is 7.45. The van der Waals surface area contributed by atoms with Gasteiger partial charge in [0.1, 0.15) is 11.9 Å². The molecule has 3 N–H and O–H groups in total. The lowest BCUT2D eigenvalue weighted by Gasteiger charge is -2.32. The molecule has 1 fully saturated rings. The molecule has 0 aromatic heterocycles. The lowest BCUT2D eigenvalue weighted by molar-refractivity contribution is -0.123. The molecule has 2 atom stereocenters. The Bertz CT molecular complexity index is 718. The van der Waals surface area contributed by atoms with Crippen LogP contribution in [0, 0.1) is 0 Å². The maximum Gasteiger partial charge on any atom is 0.335 e. The van der Waals surface area contributed by atoms with Gasteiger partial charge in [-0.25, -0.2) is 17.9 Å². The van der Waals surface area contributed by atoms with Crippen LogP contribution in [-0.4, -0.2) is 63.6 Å². The molecule has 1 aliphatic heterocycles. The molecule has 1 saturated heterocycles. The van der Waals surface area contributed by atoms with Crippen molar-refractivity contribution < 1.29 is 32.6 Å². The van der Waals surface area contributed by atoms with Crippen molar-refractivity contribution in [3.05, 3.63) is 29.8 Å². The first-order chi connectivity index (χ1) is 11.7. The van der Waals surface area contributed by atoms with Gasteiger partial charge in [0.15, 0.2) is 0 Å². The molecule has 1 aliphatic rings. The van der Waals surface area contributed by atoms with E-state index in [9.17, 15) is 18.0 Å². The van der Waals surface area contributed by atoms with E-state index in [2.05, 4.69) is 10.0 Å². The van der Waals surface area contributed by atoms with Gasteiger partial charge in [-0.1, -0.05) is 0 Å². The Labute approximate surface area is 145 Å². The Morgan fingerprint density at radius 3 is 2.60 bits per heavy atom. The average molecular weight is 372 g/mol. The summed E-state index contributed by atoms with van der Waals surface area (Å²) in [4.78, 5) is 22.7. The van der Waals surface area contributed by atoms with Crippen molar-refractivity contribution >= 4 is 21.9 Å². The zero-order valence-corrected chi connectivity index (χ0v) is 14.4. The predicted molar refractivity (Wildman–Crippen MR) is 88.0 cm³/mol. The third-order valence-corrected chi connectivity index (χ3v) is 4.19. The fourth-order valence-electron chi connectivity index (χ4n) is 2.30. The molecule has 0 radical (unpaired) electrons. The third-order valence-electron chi connectivity index (χ3n) is 3.52. The van der Waals surface area contributed by atoms with Crippen LogP contribution in [0.25, 0.3) is 0 Å². The van der Waals surface area contributed by atoms with Gasteiger partial charge in [0, 0.05) is 6.42 Å². The van der Waals surface area contributed by atoms with E-state index >= 15 is 0 Å². The molecule has 9 nitrogen and oxygen atoms in total. The number of ether oxygens (including phenoxy) is 2. The Balaban J connectivity index is 1.95. The molecule has 25 heavy (non-hydrogen) atoms. The van der Waals surface area contributed by atoms with Crippen molar-refractivity contribution in [1.29, 1.82) is 0 Å². The van der Waals surface area contributed by atoms with Crippen LogP contribution < -0.4 is 14.8 Å². The number of nitrogens with one attached hydrogen (secondary N) is 2. The lowest BCUT2D eigenvalue weighted by Crippen LogP contribution is -2.53. The van der Waals surface area contributed by atoms with E-state index in [1.54, 1.807) is 12.1 Å².